The summed E-state index contributed by atoms with van der Waals surface area (Å²) < 4.78 is 4.16. The van der Waals surface area contributed by atoms with E-state index < -0.39 is 0 Å². The highest BCUT2D eigenvalue weighted by molar-refractivity contribution is 5.16. The molecule has 0 unspecified atom stereocenters. The second kappa shape index (κ2) is 7.04. The maximum atomic E-state index is 4.30. The largest absolute Gasteiger partial charge is 0.329 e. The third kappa shape index (κ3) is 3.83. The van der Waals surface area contributed by atoms with Gasteiger partial charge in [0.15, 0.2) is 0 Å². The predicted octanol–water partition coefficient (Wildman–Crippen LogP) is 2.26. The Balaban J connectivity index is 1.57. The lowest BCUT2D eigenvalue weighted by atomic mass is 10.2. The second-order valence-electron chi connectivity index (χ2n) is 5.51. The van der Waals surface area contributed by atoms with Crippen LogP contribution in [0.25, 0.3) is 0 Å². The minimum Gasteiger partial charge on any atom is -0.329 e. The molecule has 3 aromatic rings. The molecule has 1 aromatic carbocycles. The number of nitrogens with zero attached hydrogens (tertiary/aromatic N) is 5. The van der Waals surface area contributed by atoms with Gasteiger partial charge in [0.05, 0.1) is 18.6 Å². The smallest absolute Gasteiger partial charge is 0.0951 e. The van der Waals surface area contributed by atoms with Crippen molar-refractivity contribution in [2.24, 2.45) is 0 Å². The van der Waals surface area contributed by atoms with Crippen molar-refractivity contribution in [3.05, 3.63) is 72.6 Å². The van der Waals surface area contributed by atoms with Gasteiger partial charge in [0.25, 0.3) is 0 Å². The molecule has 0 N–H and O–H groups in total. The molecule has 22 heavy (non-hydrogen) atoms. The van der Waals surface area contributed by atoms with Crippen LogP contribution in [-0.2, 0) is 19.6 Å². The van der Waals surface area contributed by atoms with Gasteiger partial charge < -0.3 is 4.57 Å². The molecule has 0 aliphatic heterocycles. The van der Waals surface area contributed by atoms with Crippen molar-refractivity contribution >= 4 is 0 Å². The minimum atomic E-state index is 0.864. The summed E-state index contributed by atoms with van der Waals surface area (Å²) in [5, 5.41) is 4.23. The fourth-order valence-corrected chi connectivity index (χ4v) is 2.46. The van der Waals surface area contributed by atoms with E-state index in [1.807, 2.05) is 41.7 Å². The Morgan fingerprint density at radius 3 is 2.77 bits per heavy atom. The molecule has 0 amide bonds. The summed E-state index contributed by atoms with van der Waals surface area (Å²) in [6, 6.07) is 12.4. The molecule has 5 heteroatoms. The molecule has 114 valence electrons. The molecule has 0 radical (unpaired) electrons. The van der Waals surface area contributed by atoms with E-state index in [1.54, 1.807) is 0 Å². The monoisotopic (exact) mass is 295 g/mol. The summed E-state index contributed by atoms with van der Waals surface area (Å²) in [6.45, 7) is 3.60. The number of hydrogen-bond acceptors (Lipinski definition) is 3. The van der Waals surface area contributed by atoms with Gasteiger partial charge in [0, 0.05) is 38.2 Å². The van der Waals surface area contributed by atoms with Gasteiger partial charge >= 0.3 is 0 Å². The summed E-state index contributed by atoms with van der Waals surface area (Å²) in [5.41, 5.74) is 2.52. The lowest BCUT2D eigenvalue weighted by Crippen LogP contribution is -2.24. The van der Waals surface area contributed by atoms with E-state index in [2.05, 4.69) is 50.9 Å². The molecule has 0 fully saturated rings. The van der Waals surface area contributed by atoms with E-state index in [4.69, 9.17) is 0 Å². The predicted molar refractivity (Wildman–Crippen MR) is 86.3 cm³/mol. The Morgan fingerprint density at radius 2 is 2.00 bits per heavy atom. The Bertz CT molecular complexity index is 672. The van der Waals surface area contributed by atoms with E-state index in [0.717, 1.165) is 26.2 Å². The summed E-state index contributed by atoms with van der Waals surface area (Å²) in [4.78, 5) is 6.59. The summed E-state index contributed by atoms with van der Waals surface area (Å²) in [7, 11) is 2.13. The van der Waals surface area contributed by atoms with Gasteiger partial charge in [-0.15, -0.1) is 0 Å². The number of imidazole rings is 1. The van der Waals surface area contributed by atoms with Crippen molar-refractivity contribution in [1.82, 2.24) is 24.2 Å². The van der Waals surface area contributed by atoms with Crippen molar-refractivity contribution in [1.29, 1.82) is 0 Å². The zero-order valence-electron chi connectivity index (χ0n) is 12.8. The Kier molecular flexibility index (Phi) is 4.65. The molecule has 0 spiro atoms. The Morgan fingerprint density at radius 1 is 1.14 bits per heavy atom. The molecule has 0 atom stereocenters. The maximum Gasteiger partial charge on any atom is 0.0951 e. The van der Waals surface area contributed by atoms with Crippen molar-refractivity contribution in [3.63, 3.8) is 0 Å². The molecule has 0 bridgehead atoms. The zero-order chi connectivity index (χ0) is 15.2. The first-order chi connectivity index (χ1) is 10.8. The van der Waals surface area contributed by atoms with Crippen LogP contribution in [0.3, 0.4) is 0 Å². The highest BCUT2D eigenvalue weighted by Gasteiger charge is 2.06. The first-order valence-electron chi connectivity index (χ1n) is 7.50. The maximum absolute atomic E-state index is 4.30. The number of benzene rings is 1. The van der Waals surface area contributed by atoms with Gasteiger partial charge in [-0.1, -0.05) is 30.3 Å². The SMILES string of the molecule is CN(CCn1cccn1)Cc1cncn1Cc1ccccc1. The zero-order valence-corrected chi connectivity index (χ0v) is 12.8. The van der Waals surface area contributed by atoms with Gasteiger partial charge in [0.2, 0.25) is 0 Å². The second-order valence-corrected chi connectivity index (χ2v) is 5.51. The molecule has 3 rings (SSSR count). The van der Waals surface area contributed by atoms with Crippen LogP contribution in [0, 0.1) is 0 Å². The van der Waals surface area contributed by atoms with Crippen molar-refractivity contribution in [2.75, 3.05) is 13.6 Å². The van der Waals surface area contributed by atoms with Gasteiger partial charge in [-0.3, -0.25) is 9.58 Å². The average molecular weight is 295 g/mol. The molecular formula is C17H21N5. The summed E-state index contributed by atoms with van der Waals surface area (Å²) >= 11 is 0. The van der Waals surface area contributed by atoms with Gasteiger partial charge in [-0.25, -0.2) is 4.98 Å². The van der Waals surface area contributed by atoms with Gasteiger partial charge in [-0.05, 0) is 18.7 Å². The fraction of sp³-hybridized carbons (Fsp3) is 0.294. The third-order valence-electron chi connectivity index (χ3n) is 3.70. The Hall–Kier alpha value is -2.40. The normalized spacial score (nSPS) is 11.2. The average Bonchev–Trinajstić information content (AvgIpc) is 3.19. The van der Waals surface area contributed by atoms with Crippen molar-refractivity contribution < 1.29 is 0 Å². The molecule has 2 heterocycles. The van der Waals surface area contributed by atoms with Crippen LogP contribution in [0.15, 0.2) is 61.3 Å². The highest BCUT2D eigenvalue weighted by Crippen LogP contribution is 2.08. The number of rotatable bonds is 7. The van der Waals surface area contributed by atoms with E-state index >= 15 is 0 Å². The summed E-state index contributed by atoms with van der Waals surface area (Å²) in [5.74, 6) is 0. The van der Waals surface area contributed by atoms with Crippen LogP contribution < -0.4 is 0 Å². The molecule has 0 saturated carbocycles. The van der Waals surface area contributed by atoms with E-state index in [0.29, 0.717) is 0 Å². The third-order valence-corrected chi connectivity index (χ3v) is 3.70. The topological polar surface area (TPSA) is 38.9 Å². The fourth-order valence-electron chi connectivity index (χ4n) is 2.46. The van der Waals surface area contributed by atoms with E-state index in [9.17, 15) is 0 Å². The van der Waals surface area contributed by atoms with Crippen LogP contribution in [0.1, 0.15) is 11.3 Å². The highest BCUT2D eigenvalue weighted by atomic mass is 15.3. The van der Waals surface area contributed by atoms with E-state index in [1.165, 1.54) is 11.3 Å². The van der Waals surface area contributed by atoms with Crippen LogP contribution in [0.4, 0.5) is 0 Å². The van der Waals surface area contributed by atoms with Crippen LogP contribution in [-0.4, -0.2) is 37.8 Å². The summed E-state index contributed by atoms with van der Waals surface area (Å²) in [6.07, 6.45) is 7.67. The molecular weight excluding hydrogens is 274 g/mol. The number of hydrogen-bond donors (Lipinski definition) is 0. The van der Waals surface area contributed by atoms with E-state index in [-0.39, 0.29) is 0 Å². The Labute approximate surface area is 130 Å². The molecule has 0 saturated heterocycles. The lowest BCUT2D eigenvalue weighted by molar-refractivity contribution is 0.298. The lowest BCUT2D eigenvalue weighted by Gasteiger charge is -2.17. The first-order valence-corrected chi connectivity index (χ1v) is 7.50. The minimum absolute atomic E-state index is 0.864. The van der Waals surface area contributed by atoms with Crippen LogP contribution in [0.2, 0.25) is 0 Å². The standard InChI is InChI=1S/C17H21N5/c1-20(10-11-22-9-5-8-19-22)14-17-12-18-15-21(17)13-16-6-3-2-4-7-16/h2-9,12,15H,10-11,13-14H2,1H3. The van der Waals surface area contributed by atoms with Crippen LogP contribution >= 0.6 is 0 Å². The number of aromatic nitrogens is 4. The quantitative estimate of drug-likeness (QED) is 0.671. The molecule has 0 aliphatic carbocycles. The van der Waals surface area contributed by atoms with Gasteiger partial charge in [0.1, 0.15) is 0 Å². The van der Waals surface area contributed by atoms with Crippen molar-refractivity contribution in [2.45, 2.75) is 19.6 Å². The molecule has 2 aromatic heterocycles. The van der Waals surface area contributed by atoms with Crippen molar-refractivity contribution in [3.8, 4) is 0 Å². The molecule has 0 aliphatic rings. The first kappa shape index (κ1) is 14.5. The number of likely N-dealkylation sites (N-methyl/N-ethyl adjacent to an activating group) is 1. The molecule has 5 nitrogen and oxygen atoms in total. The van der Waals surface area contributed by atoms with Gasteiger partial charge in [-0.2, -0.15) is 5.10 Å². The van der Waals surface area contributed by atoms with Crippen LogP contribution in [0.5, 0.6) is 0 Å².